The molecule has 1 heterocycles. The highest BCUT2D eigenvalue weighted by atomic mass is 15.3. The third-order valence-corrected chi connectivity index (χ3v) is 3.14. The zero-order valence-electron chi connectivity index (χ0n) is 11.0. The second-order valence-electron chi connectivity index (χ2n) is 4.40. The van der Waals surface area contributed by atoms with Crippen LogP contribution in [0, 0.1) is 0 Å². The largest absolute Gasteiger partial charge is 0.310 e. The van der Waals surface area contributed by atoms with E-state index in [2.05, 4.69) is 49.0 Å². The molecule has 1 N–H and O–H groups in total. The average Bonchev–Trinajstić information content (AvgIpc) is 2.77. The van der Waals surface area contributed by atoms with Crippen molar-refractivity contribution in [3.63, 3.8) is 0 Å². The second kappa shape index (κ2) is 6.69. The summed E-state index contributed by atoms with van der Waals surface area (Å²) in [5, 5.41) is 7.95. The van der Waals surface area contributed by atoms with Gasteiger partial charge >= 0.3 is 0 Å². The number of nitrogens with zero attached hydrogens (tertiary/aromatic N) is 2. The summed E-state index contributed by atoms with van der Waals surface area (Å²) in [4.78, 5) is 0. The van der Waals surface area contributed by atoms with Crippen LogP contribution in [0.15, 0.2) is 12.4 Å². The Morgan fingerprint density at radius 2 is 2.00 bits per heavy atom. The number of rotatable bonds is 7. The molecule has 92 valence electrons. The minimum atomic E-state index is 0.406. The van der Waals surface area contributed by atoms with E-state index in [0.29, 0.717) is 12.1 Å². The summed E-state index contributed by atoms with van der Waals surface area (Å²) in [6.45, 7) is 9.89. The van der Waals surface area contributed by atoms with E-state index in [1.165, 1.54) is 12.0 Å². The van der Waals surface area contributed by atoms with Crippen molar-refractivity contribution in [1.82, 2.24) is 15.1 Å². The van der Waals surface area contributed by atoms with Crippen LogP contribution in [-0.2, 0) is 0 Å². The van der Waals surface area contributed by atoms with Gasteiger partial charge in [0.25, 0.3) is 0 Å². The molecule has 0 aromatic carbocycles. The topological polar surface area (TPSA) is 29.9 Å². The Bertz CT molecular complexity index is 289. The van der Waals surface area contributed by atoms with Gasteiger partial charge in [-0.05, 0) is 32.7 Å². The van der Waals surface area contributed by atoms with Gasteiger partial charge in [0, 0.05) is 17.8 Å². The van der Waals surface area contributed by atoms with Crippen LogP contribution in [0.3, 0.4) is 0 Å². The average molecular weight is 223 g/mol. The molecule has 1 atom stereocenters. The number of aromatic nitrogens is 2. The van der Waals surface area contributed by atoms with Crippen LogP contribution in [0.5, 0.6) is 0 Å². The van der Waals surface area contributed by atoms with Crippen molar-refractivity contribution in [3.05, 3.63) is 18.0 Å². The van der Waals surface area contributed by atoms with E-state index in [0.717, 1.165) is 19.4 Å². The summed E-state index contributed by atoms with van der Waals surface area (Å²) in [5.41, 5.74) is 1.29. The lowest BCUT2D eigenvalue weighted by Gasteiger charge is -2.13. The van der Waals surface area contributed by atoms with Crippen LogP contribution in [0.2, 0.25) is 0 Å². The van der Waals surface area contributed by atoms with Crippen molar-refractivity contribution in [2.24, 2.45) is 0 Å². The lowest BCUT2D eigenvalue weighted by atomic mass is 10.1. The molecule has 1 rings (SSSR count). The molecule has 0 amide bonds. The third kappa shape index (κ3) is 3.34. The first-order valence-electron chi connectivity index (χ1n) is 6.50. The Kier molecular flexibility index (Phi) is 5.53. The molecule has 1 unspecified atom stereocenters. The standard InChI is InChI=1S/C13H25N3/c1-5-8-14-11(4)12-9-15-16(10-12)13(6-2)7-3/h9-11,13-14H,5-8H2,1-4H3. The van der Waals surface area contributed by atoms with Gasteiger partial charge in [-0.25, -0.2) is 0 Å². The zero-order chi connectivity index (χ0) is 12.0. The Balaban J connectivity index is 2.62. The summed E-state index contributed by atoms with van der Waals surface area (Å²) in [7, 11) is 0. The Hall–Kier alpha value is -0.830. The fourth-order valence-electron chi connectivity index (χ4n) is 1.92. The minimum Gasteiger partial charge on any atom is -0.310 e. The first-order chi connectivity index (χ1) is 7.72. The normalized spacial score (nSPS) is 13.3. The summed E-state index contributed by atoms with van der Waals surface area (Å²) in [6, 6.07) is 0.954. The number of hydrogen-bond acceptors (Lipinski definition) is 2. The lowest BCUT2D eigenvalue weighted by Crippen LogP contribution is -2.18. The van der Waals surface area contributed by atoms with Crippen LogP contribution in [0.25, 0.3) is 0 Å². The Labute approximate surface area is 99.2 Å². The predicted octanol–water partition coefficient (Wildman–Crippen LogP) is 3.30. The maximum atomic E-state index is 4.46. The summed E-state index contributed by atoms with van der Waals surface area (Å²) >= 11 is 0. The van der Waals surface area contributed by atoms with Gasteiger partial charge in [0.15, 0.2) is 0 Å². The molecule has 3 nitrogen and oxygen atoms in total. The van der Waals surface area contributed by atoms with Gasteiger partial charge in [0.1, 0.15) is 0 Å². The highest BCUT2D eigenvalue weighted by Gasteiger charge is 2.11. The van der Waals surface area contributed by atoms with E-state index in [9.17, 15) is 0 Å². The molecular formula is C13H25N3. The molecule has 0 aliphatic rings. The molecule has 1 aromatic rings. The van der Waals surface area contributed by atoms with Crippen molar-refractivity contribution >= 4 is 0 Å². The monoisotopic (exact) mass is 223 g/mol. The zero-order valence-corrected chi connectivity index (χ0v) is 11.0. The molecule has 0 bridgehead atoms. The highest BCUT2D eigenvalue weighted by molar-refractivity contribution is 5.09. The first kappa shape index (κ1) is 13.2. The Morgan fingerprint density at radius 3 is 2.56 bits per heavy atom. The molecule has 0 saturated carbocycles. The van der Waals surface area contributed by atoms with Crippen molar-refractivity contribution in [1.29, 1.82) is 0 Å². The fourth-order valence-corrected chi connectivity index (χ4v) is 1.92. The molecule has 1 aromatic heterocycles. The van der Waals surface area contributed by atoms with Gasteiger partial charge in [0.2, 0.25) is 0 Å². The maximum Gasteiger partial charge on any atom is 0.0537 e. The van der Waals surface area contributed by atoms with E-state index in [1.54, 1.807) is 0 Å². The first-order valence-corrected chi connectivity index (χ1v) is 6.50. The van der Waals surface area contributed by atoms with Crippen LogP contribution in [0.4, 0.5) is 0 Å². The summed E-state index contributed by atoms with van der Waals surface area (Å²) in [6.07, 6.45) is 7.64. The van der Waals surface area contributed by atoms with E-state index in [-0.39, 0.29) is 0 Å². The molecule has 0 spiro atoms. The van der Waals surface area contributed by atoms with Gasteiger partial charge < -0.3 is 5.32 Å². The molecular weight excluding hydrogens is 198 g/mol. The van der Waals surface area contributed by atoms with Gasteiger partial charge in [-0.15, -0.1) is 0 Å². The van der Waals surface area contributed by atoms with Crippen LogP contribution >= 0.6 is 0 Å². The summed E-state index contributed by atoms with van der Waals surface area (Å²) < 4.78 is 2.11. The van der Waals surface area contributed by atoms with Gasteiger partial charge in [-0.2, -0.15) is 5.10 Å². The molecule has 16 heavy (non-hydrogen) atoms. The lowest BCUT2D eigenvalue weighted by molar-refractivity contribution is 0.427. The minimum absolute atomic E-state index is 0.406. The van der Waals surface area contributed by atoms with Gasteiger partial charge in [0.05, 0.1) is 12.2 Å². The SMILES string of the molecule is CCCNC(C)c1cnn(C(CC)CC)c1. The molecule has 0 fully saturated rings. The molecule has 0 aliphatic carbocycles. The second-order valence-corrected chi connectivity index (χ2v) is 4.40. The van der Waals surface area contributed by atoms with Crippen LogP contribution in [0.1, 0.15) is 64.6 Å². The quantitative estimate of drug-likeness (QED) is 0.768. The molecule has 0 radical (unpaired) electrons. The van der Waals surface area contributed by atoms with Crippen molar-refractivity contribution in [2.75, 3.05) is 6.54 Å². The molecule has 0 aliphatic heterocycles. The van der Waals surface area contributed by atoms with E-state index in [4.69, 9.17) is 0 Å². The smallest absolute Gasteiger partial charge is 0.0537 e. The Morgan fingerprint density at radius 1 is 1.31 bits per heavy atom. The number of hydrogen-bond donors (Lipinski definition) is 1. The van der Waals surface area contributed by atoms with E-state index in [1.807, 2.05) is 6.20 Å². The van der Waals surface area contributed by atoms with Crippen molar-refractivity contribution in [3.8, 4) is 0 Å². The molecule has 0 saturated heterocycles. The molecule has 3 heteroatoms. The van der Waals surface area contributed by atoms with Gasteiger partial charge in [-0.3, -0.25) is 4.68 Å². The number of nitrogens with one attached hydrogen (secondary N) is 1. The van der Waals surface area contributed by atoms with Crippen molar-refractivity contribution < 1.29 is 0 Å². The fraction of sp³-hybridized carbons (Fsp3) is 0.769. The highest BCUT2D eigenvalue weighted by Crippen LogP contribution is 2.18. The van der Waals surface area contributed by atoms with Crippen LogP contribution < -0.4 is 5.32 Å². The van der Waals surface area contributed by atoms with Crippen LogP contribution in [-0.4, -0.2) is 16.3 Å². The van der Waals surface area contributed by atoms with E-state index < -0.39 is 0 Å². The van der Waals surface area contributed by atoms with Crippen molar-refractivity contribution in [2.45, 2.75) is 59.0 Å². The third-order valence-electron chi connectivity index (χ3n) is 3.14. The maximum absolute atomic E-state index is 4.46. The van der Waals surface area contributed by atoms with E-state index >= 15 is 0 Å². The predicted molar refractivity (Wildman–Crippen MR) is 68.6 cm³/mol. The summed E-state index contributed by atoms with van der Waals surface area (Å²) in [5.74, 6) is 0. The van der Waals surface area contributed by atoms with Gasteiger partial charge in [-0.1, -0.05) is 20.8 Å².